The van der Waals surface area contributed by atoms with Gasteiger partial charge in [-0.05, 0) is 30.5 Å². The molecular formula is C19H25F2N7. The number of amidine groups is 1. The van der Waals surface area contributed by atoms with E-state index in [4.69, 9.17) is 0 Å². The fourth-order valence-electron chi connectivity index (χ4n) is 2.07. The molecular weight excluding hydrogens is 364 g/mol. The lowest BCUT2D eigenvalue weighted by Gasteiger charge is -2.12. The fourth-order valence-corrected chi connectivity index (χ4v) is 2.07. The quantitative estimate of drug-likeness (QED) is 0.117. The first-order chi connectivity index (χ1) is 13.7. The van der Waals surface area contributed by atoms with Gasteiger partial charge >= 0.3 is 0 Å². The molecule has 1 rings (SSSR count). The Morgan fingerprint density at radius 1 is 1.29 bits per heavy atom. The van der Waals surface area contributed by atoms with E-state index in [1.54, 1.807) is 13.2 Å². The summed E-state index contributed by atoms with van der Waals surface area (Å²) < 4.78 is 24.7. The van der Waals surface area contributed by atoms with Crippen LogP contribution >= 0.6 is 0 Å². The van der Waals surface area contributed by atoms with Gasteiger partial charge in [-0.2, -0.15) is 5.10 Å². The van der Waals surface area contributed by atoms with Crippen molar-refractivity contribution < 1.29 is 8.78 Å². The topological polar surface area (TPSA) is 85.2 Å². The smallest absolute Gasteiger partial charge is 0.174 e. The monoisotopic (exact) mass is 389 g/mol. The van der Waals surface area contributed by atoms with Crippen LogP contribution in [-0.4, -0.2) is 46.3 Å². The standard InChI is InChI=1S/C19H25F2N7/c1-22-11-16(8-7-15-5-4-6-17(9-15)23-2)19(24-3)26-14-25-18(10-20)12-27-28-13-21/h4-12,23,25,28H,1,13-14H2,2-3H3,(H,24,26)/b8-7-,16-11-,18-10+,27-12-. The number of nitrogens with zero attached hydrogens (tertiary/aromatic N) is 3. The first-order valence-electron chi connectivity index (χ1n) is 8.37. The highest BCUT2D eigenvalue weighted by Gasteiger charge is 2.03. The van der Waals surface area contributed by atoms with Crippen molar-refractivity contribution in [1.82, 2.24) is 16.1 Å². The Bertz CT molecular complexity index is 767. The van der Waals surface area contributed by atoms with Crippen LogP contribution in [0.25, 0.3) is 6.08 Å². The Labute approximate surface area is 163 Å². The number of halogens is 2. The number of anilines is 1. The van der Waals surface area contributed by atoms with Gasteiger partial charge in [0.1, 0.15) is 12.2 Å². The molecule has 0 saturated carbocycles. The molecule has 0 bridgehead atoms. The molecule has 7 nitrogen and oxygen atoms in total. The van der Waals surface area contributed by atoms with Gasteiger partial charge in [-0.15, -0.1) is 0 Å². The van der Waals surface area contributed by atoms with Crippen molar-refractivity contribution >= 4 is 30.5 Å². The van der Waals surface area contributed by atoms with Crippen LogP contribution in [0.4, 0.5) is 14.5 Å². The molecule has 9 heteroatoms. The maximum atomic E-state index is 12.8. The SMILES string of the molecule is C=N/C=C(/C=C\c1cccc(NC)c1)C(=NC)NCNC(/C=N\NCF)=C/F. The minimum Gasteiger partial charge on any atom is -0.388 e. The van der Waals surface area contributed by atoms with Crippen LogP contribution in [0.2, 0.25) is 0 Å². The van der Waals surface area contributed by atoms with E-state index in [1.807, 2.05) is 43.5 Å². The van der Waals surface area contributed by atoms with Crippen LogP contribution in [0.15, 0.2) is 69.2 Å². The van der Waals surface area contributed by atoms with Crippen LogP contribution < -0.4 is 21.4 Å². The molecule has 0 aliphatic heterocycles. The summed E-state index contributed by atoms with van der Waals surface area (Å²) >= 11 is 0. The molecule has 0 atom stereocenters. The lowest BCUT2D eigenvalue weighted by Crippen LogP contribution is -2.34. The highest BCUT2D eigenvalue weighted by molar-refractivity contribution is 6.01. The van der Waals surface area contributed by atoms with Crippen LogP contribution in [-0.2, 0) is 0 Å². The van der Waals surface area contributed by atoms with Crippen molar-refractivity contribution in [2.24, 2.45) is 15.1 Å². The molecule has 4 N–H and O–H groups in total. The first kappa shape index (κ1) is 22.6. The van der Waals surface area contributed by atoms with Gasteiger partial charge in [-0.25, -0.2) is 8.78 Å². The van der Waals surface area contributed by atoms with E-state index in [0.717, 1.165) is 17.5 Å². The number of hydrogen-bond donors (Lipinski definition) is 4. The van der Waals surface area contributed by atoms with Gasteiger partial charge in [0.05, 0.1) is 18.6 Å². The molecule has 0 fully saturated rings. The van der Waals surface area contributed by atoms with Crippen molar-refractivity contribution in [1.29, 1.82) is 0 Å². The second-order valence-corrected chi connectivity index (χ2v) is 5.19. The van der Waals surface area contributed by atoms with Gasteiger partial charge in [-0.1, -0.05) is 18.2 Å². The van der Waals surface area contributed by atoms with Crippen molar-refractivity contribution in [3.63, 3.8) is 0 Å². The van der Waals surface area contributed by atoms with Crippen LogP contribution in [0.3, 0.4) is 0 Å². The van der Waals surface area contributed by atoms with Crippen molar-refractivity contribution in [2.45, 2.75) is 0 Å². The molecule has 0 radical (unpaired) electrons. The number of benzene rings is 1. The summed E-state index contributed by atoms with van der Waals surface area (Å²) in [5, 5.41) is 12.4. The molecule has 0 aliphatic carbocycles. The Balaban J connectivity index is 2.78. The molecule has 0 aliphatic rings. The predicted octanol–water partition coefficient (Wildman–Crippen LogP) is 2.80. The molecule has 1 aromatic rings. The largest absolute Gasteiger partial charge is 0.388 e. The lowest BCUT2D eigenvalue weighted by molar-refractivity contribution is 0.436. The average molecular weight is 389 g/mol. The average Bonchev–Trinajstić information content (AvgIpc) is 2.73. The fraction of sp³-hybridized carbons (Fsp3) is 0.211. The number of aliphatic imine (C=N–C) groups is 2. The van der Waals surface area contributed by atoms with E-state index in [0.29, 0.717) is 17.7 Å². The van der Waals surface area contributed by atoms with Gasteiger partial charge < -0.3 is 16.0 Å². The molecule has 28 heavy (non-hydrogen) atoms. The van der Waals surface area contributed by atoms with Gasteiger partial charge in [0, 0.05) is 31.6 Å². The minimum atomic E-state index is -0.840. The maximum Gasteiger partial charge on any atom is 0.174 e. The molecule has 0 aromatic heterocycles. The van der Waals surface area contributed by atoms with E-state index in [2.05, 4.69) is 43.2 Å². The van der Waals surface area contributed by atoms with E-state index < -0.39 is 6.80 Å². The van der Waals surface area contributed by atoms with Crippen LogP contribution in [0.5, 0.6) is 0 Å². The highest BCUT2D eigenvalue weighted by atomic mass is 19.1. The Morgan fingerprint density at radius 2 is 2.11 bits per heavy atom. The predicted molar refractivity (Wildman–Crippen MR) is 114 cm³/mol. The summed E-state index contributed by atoms with van der Waals surface area (Å²) in [6.07, 6.45) is 6.77. The minimum absolute atomic E-state index is 0.0655. The van der Waals surface area contributed by atoms with Gasteiger partial charge in [0.15, 0.2) is 6.80 Å². The van der Waals surface area contributed by atoms with Gasteiger partial charge in [0.25, 0.3) is 0 Å². The summed E-state index contributed by atoms with van der Waals surface area (Å²) in [7, 11) is 3.47. The highest BCUT2D eigenvalue weighted by Crippen LogP contribution is 2.12. The summed E-state index contributed by atoms with van der Waals surface area (Å²) in [4.78, 5) is 8.00. The number of nitrogens with one attached hydrogen (secondary N) is 4. The van der Waals surface area contributed by atoms with E-state index in [9.17, 15) is 8.78 Å². The number of hydrogen-bond acceptors (Lipinski definition) is 6. The molecule has 0 heterocycles. The summed E-state index contributed by atoms with van der Waals surface area (Å²) in [5.74, 6) is 0.526. The molecule has 0 spiro atoms. The Kier molecular flexibility index (Phi) is 11.0. The molecule has 0 saturated heterocycles. The number of alkyl halides is 1. The molecule has 1 aromatic carbocycles. The Hall–Kier alpha value is -3.49. The molecule has 150 valence electrons. The van der Waals surface area contributed by atoms with Crippen molar-refractivity contribution in [2.75, 3.05) is 32.9 Å². The van der Waals surface area contributed by atoms with Crippen molar-refractivity contribution in [3.05, 3.63) is 59.7 Å². The summed E-state index contributed by atoms with van der Waals surface area (Å²) in [6.45, 7) is 2.80. The van der Waals surface area contributed by atoms with E-state index in [-0.39, 0.29) is 12.4 Å². The third kappa shape index (κ3) is 8.26. The summed E-state index contributed by atoms with van der Waals surface area (Å²) in [6, 6.07) is 7.88. The first-order valence-corrected chi connectivity index (χ1v) is 8.37. The Morgan fingerprint density at radius 3 is 2.75 bits per heavy atom. The van der Waals surface area contributed by atoms with Crippen LogP contribution in [0.1, 0.15) is 5.56 Å². The summed E-state index contributed by atoms with van der Waals surface area (Å²) in [5.41, 5.74) is 4.81. The van der Waals surface area contributed by atoms with E-state index >= 15 is 0 Å². The molecule has 0 unspecified atom stereocenters. The number of hydrazone groups is 1. The number of rotatable bonds is 11. The maximum absolute atomic E-state index is 12.8. The van der Waals surface area contributed by atoms with Gasteiger partial charge in [0.2, 0.25) is 0 Å². The van der Waals surface area contributed by atoms with Crippen molar-refractivity contribution in [3.8, 4) is 0 Å². The zero-order chi connectivity index (χ0) is 20.6. The zero-order valence-corrected chi connectivity index (χ0v) is 15.9. The third-order valence-electron chi connectivity index (χ3n) is 3.38. The van der Waals surface area contributed by atoms with Crippen LogP contribution in [0, 0.1) is 0 Å². The lowest BCUT2D eigenvalue weighted by atomic mass is 10.1. The second kappa shape index (κ2) is 13.7. The normalized spacial score (nSPS) is 13.1. The third-order valence-corrected chi connectivity index (χ3v) is 3.38. The zero-order valence-electron chi connectivity index (χ0n) is 15.9. The number of allylic oxidation sites excluding steroid dienone is 1. The molecule has 0 amide bonds. The van der Waals surface area contributed by atoms with E-state index in [1.165, 1.54) is 0 Å². The van der Waals surface area contributed by atoms with Gasteiger partial charge in [-0.3, -0.25) is 15.4 Å². The second-order valence-electron chi connectivity index (χ2n) is 5.19.